The molecule has 1 aliphatic rings. The van der Waals surface area contributed by atoms with Crippen molar-refractivity contribution in [2.75, 3.05) is 6.61 Å². The minimum atomic E-state index is -5.44. The van der Waals surface area contributed by atoms with Gasteiger partial charge in [0.2, 0.25) is 0 Å². The third kappa shape index (κ3) is 7.30. The van der Waals surface area contributed by atoms with E-state index in [4.69, 9.17) is 14.5 Å². The second-order valence-electron chi connectivity index (χ2n) is 8.89. The number of phosphoric ester groups is 1. The second kappa shape index (κ2) is 11.9. The largest absolute Gasteiger partial charge is 0.481 e. The van der Waals surface area contributed by atoms with Gasteiger partial charge in [-0.1, -0.05) is 18.2 Å². The maximum absolute atomic E-state index is 13.5. The molecule has 42 heavy (non-hydrogen) atoms. The molecule has 0 radical (unpaired) electrons. The van der Waals surface area contributed by atoms with Crippen LogP contribution < -0.4 is 11.2 Å². The number of benzene rings is 1. The summed E-state index contributed by atoms with van der Waals surface area (Å²) in [5, 5.41) is 20.7. The number of nitrogens with zero attached hydrogens (tertiary/aromatic N) is 3. The minimum absolute atomic E-state index is 0.0318. The van der Waals surface area contributed by atoms with E-state index in [1.165, 1.54) is 36.5 Å². The topological polar surface area (TPSA) is 220 Å². The number of aliphatic hydroxyl groups is 2. The van der Waals surface area contributed by atoms with Crippen molar-refractivity contribution in [1.82, 2.24) is 14.1 Å². The molecule has 2 aromatic heterocycles. The number of hydrogen-bond acceptors (Lipinski definition) is 10. The first kappa shape index (κ1) is 31.9. The second-order valence-corrected chi connectivity index (χ2v) is 11.7. The fraction of sp³-hybridized carbons (Fsp3) is 0.318. The predicted molar refractivity (Wildman–Crippen MR) is 134 cm³/mol. The Kier molecular flexibility index (Phi) is 9.06. The molecule has 0 saturated carbocycles. The fourth-order valence-corrected chi connectivity index (χ4v) is 5.77. The molecule has 5 atom stereocenters. The van der Waals surface area contributed by atoms with Gasteiger partial charge in [-0.3, -0.25) is 23.4 Å². The van der Waals surface area contributed by atoms with Crippen LogP contribution in [0.2, 0.25) is 0 Å². The number of rotatable bonds is 9. The van der Waals surface area contributed by atoms with Crippen LogP contribution >= 0.6 is 15.6 Å². The minimum Gasteiger partial charge on any atom is -0.387 e. The number of aromatic nitrogens is 3. The van der Waals surface area contributed by atoms with Crippen LogP contribution in [0.1, 0.15) is 17.5 Å². The monoisotopic (exact) mass is 639 g/mol. The first-order valence-electron chi connectivity index (χ1n) is 11.7. The van der Waals surface area contributed by atoms with E-state index in [0.29, 0.717) is 9.13 Å². The van der Waals surface area contributed by atoms with Crippen LogP contribution in [0.25, 0.3) is 11.1 Å². The molecule has 3 aromatic rings. The van der Waals surface area contributed by atoms with Crippen LogP contribution in [0.3, 0.4) is 0 Å². The van der Waals surface area contributed by atoms with Gasteiger partial charge in [-0.15, -0.1) is 0 Å². The molecule has 5 N–H and O–H groups in total. The van der Waals surface area contributed by atoms with Gasteiger partial charge in [-0.25, -0.2) is 13.9 Å². The Morgan fingerprint density at radius 3 is 2.38 bits per heavy atom. The van der Waals surface area contributed by atoms with Crippen molar-refractivity contribution in [3.63, 3.8) is 0 Å². The molecule has 0 aliphatic carbocycles. The van der Waals surface area contributed by atoms with Gasteiger partial charge < -0.3 is 29.6 Å². The summed E-state index contributed by atoms with van der Waals surface area (Å²) in [5.41, 5.74) is -2.85. The van der Waals surface area contributed by atoms with Crippen molar-refractivity contribution >= 4 is 15.6 Å². The molecule has 0 spiro atoms. The first-order valence-corrected chi connectivity index (χ1v) is 14.7. The maximum atomic E-state index is 13.5. The number of phosphoric acid groups is 2. The highest BCUT2D eigenvalue weighted by atomic mass is 31.3. The van der Waals surface area contributed by atoms with Crippen LogP contribution in [-0.2, 0) is 35.4 Å². The van der Waals surface area contributed by atoms with Gasteiger partial charge in [0.25, 0.3) is 5.56 Å². The van der Waals surface area contributed by atoms with Gasteiger partial charge in [0.05, 0.1) is 24.4 Å². The Hall–Kier alpha value is -3.02. The molecule has 1 fully saturated rings. The number of pyridine rings is 1. The Labute approximate surface area is 232 Å². The summed E-state index contributed by atoms with van der Waals surface area (Å²) >= 11 is 0. The summed E-state index contributed by atoms with van der Waals surface area (Å²) in [6.45, 7) is -1.53. The van der Waals surface area contributed by atoms with Gasteiger partial charge in [-0.05, 0) is 29.3 Å². The molecule has 0 amide bonds. The maximum Gasteiger partial charge on any atom is 0.481 e. The van der Waals surface area contributed by atoms with Gasteiger partial charge >= 0.3 is 27.5 Å². The summed E-state index contributed by atoms with van der Waals surface area (Å²) in [5.74, 6) is 0. The lowest BCUT2D eigenvalue weighted by Gasteiger charge is -2.19. The average Bonchev–Trinajstić information content (AvgIpc) is 3.17. The van der Waals surface area contributed by atoms with Crippen LogP contribution in [0, 0.1) is 0 Å². The highest BCUT2D eigenvalue weighted by molar-refractivity contribution is 7.60. The summed E-state index contributed by atoms with van der Waals surface area (Å²) in [7, 11) is -10.8. The molecule has 1 aliphatic heterocycles. The van der Waals surface area contributed by atoms with E-state index in [2.05, 4.69) is 13.8 Å². The van der Waals surface area contributed by atoms with E-state index >= 15 is 0 Å². The summed E-state index contributed by atoms with van der Waals surface area (Å²) in [6.07, 6.45) is -9.50. The lowest BCUT2D eigenvalue weighted by Crippen LogP contribution is -2.43. The van der Waals surface area contributed by atoms with Crippen molar-refractivity contribution in [2.45, 2.75) is 37.3 Å². The highest BCUT2D eigenvalue weighted by Gasteiger charge is 2.46. The molecule has 20 heteroatoms. The molecule has 4 rings (SSSR count). The van der Waals surface area contributed by atoms with Crippen LogP contribution in [-0.4, -0.2) is 63.9 Å². The van der Waals surface area contributed by atoms with Crippen LogP contribution in [0.4, 0.5) is 13.2 Å². The Balaban J connectivity index is 1.58. The van der Waals surface area contributed by atoms with Gasteiger partial charge in [0.1, 0.15) is 18.3 Å². The summed E-state index contributed by atoms with van der Waals surface area (Å²) in [6, 6.07) is 8.29. The predicted octanol–water partition coefficient (Wildman–Crippen LogP) is 0.985. The Bertz CT molecular complexity index is 1670. The van der Waals surface area contributed by atoms with E-state index in [-0.39, 0.29) is 16.8 Å². The number of hydrogen-bond donors (Lipinski definition) is 5. The Morgan fingerprint density at radius 1 is 1.02 bits per heavy atom. The summed E-state index contributed by atoms with van der Waals surface area (Å²) in [4.78, 5) is 56.5. The molecule has 228 valence electrons. The van der Waals surface area contributed by atoms with E-state index in [9.17, 15) is 47.0 Å². The third-order valence-electron chi connectivity index (χ3n) is 6.00. The third-order valence-corrected chi connectivity index (χ3v) is 8.15. The van der Waals surface area contributed by atoms with Crippen LogP contribution in [0.15, 0.2) is 64.4 Å². The average molecular weight is 639 g/mol. The number of halogens is 3. The van der Waals surface area contributed by atoms with Crippen molar-refractivity contribution < 1.29 is 60.8 Å². The molecule has 1 saturated heterocycles. The quantitative estimate of drug-likeness (QED) is 0.207. The first-order chi connectivity index (χ1) is 19.5. The fourth-order valence-electron chi connectivity index (χ4n) is 4.17. The highest BCUT2D eigenvalue weighted by Crippen LogP contribution is 2.57. The molecule has 15 nitrogen and oxygen atoms in total. The van der Waals surface area contributed by atoms with E-state index in [1.54, 1.807) is 0 Å². The van der Waals surface area contributed by atoms with Gasteiger partial charge in [0, 0.05) is 18.5 Å². The van der Waals surface area contributed by atoms with Crippen molar-refractivity contribution in [1.29, 1.82) is 0 Å². The zero-order valence-corrected chi connectivity index (χ0v) is 22.7. The Morgan fingerprint density at radius 2 is 1.71 bits per heavy atom. The SMILES string of the molecule is O=c1ccn([C@@H]2O[C@H](COP(=O)(O)OP(=O)(O)O)C(O)C2O)c(=O)n1Cc1cc(-c2ccccc2C(F)(F)F)ccn1. The van der Waals surface area contributed by atoms with Crippen molar-refractivity contribution in [2.24, 2.45) is 0 Å². The van der Waals surface area contributed by atoms with E-state index < -0.39 is 76.3 Å². The van der Waals surface area contributed by atoms with Crippen molar-refractivity contribution in [3.05, 3.63) is 87.0 Å². The van der Waals surface area contributed by atoms with E-state index in [0.717, 1.165) is 18.3 Å². The van der Waals surface area contributed by atoms with Gasteiger partial charge in [-0.2, -0.15) is 17.5 Å². The standard InChI is InChI=1S/C22H22F3N3O12P2/c23-22(24,25)15-4-2-1-3-14(15)12-5-7-26-13(9-12)10-28-17(29)6-8-27(21(28)32)20-19(31)18(30)16(39-20)11-38-42(36,37)40-41(33,34)35/h1-9,16,18-20,30-31H,10-11H2,(H,36,37)(H2,33,34,35)/t16-,18?,19?,20-/m1/s1. The van der Waals surface area contributed by atoms with Gasteiger partial charge in [0.15, 0.2) is 6.23 Å². The molecular formula is C22H22F3N3O12P2. The normalized spacial score (nSPS) is 22.7. The molecule has 1 aromatic carbocycles. The molecule has 3 heterocycles. The smallest absolute Gasteiger partial charge is 0.387 e. The zero-order valence-electron chi connectivity index (χ0n) is 20.9. The summed E-state index contributed by atoms with van der Waals surface area (Å²) < 4.78 is 77.8. The molecular weight excluding hydrogens is 617 g/mol. The lowest BCUT2D eigenvalue weighted by atomic mass is 9.99. The zero-order chi connectivity index (χ0) is 31.0. The van der Waals surface area contributed by atoms with Crippen LogP contribution in [0.5, 0.6) is 0 Å². The van der Waals surface area contributed by atoms with E-state index in [1.807, 2.05) is 0 Å². The molecule has 3 unspecified atom stereocenters. The number of aliphatic hydroxyl groups excluding tert-OH is 2. The lowest BCUT2D eigenvalue weighted by molar-refractivity contribution is -0.137. The number of ether oxygens (including phenoxy) is 1. The number of alkyl halides is 3. The molecule has 0 bridgehead atoms. The van der Waals surface area contributed by atoms with Crippen molar-refractivity contribution in [3.8, 4) is 11.1 Å².